The summed E-state index contributed by atoms with van der Waals surface area (Å²) in [5.74, 6) is 1.05. The zero-order valence-corrected chi connectivity index (χ0v) is 16.1. The van der Waals surface area contributed by atoms with Gasteiger partial charge in [0, 0.05) is 0 Å². The fourth-order valence-corrected chi connectivity index (χ4v) is 2.47. The largest absolute Gasteiger partial charge is 0.490 e. The molecule has 0 atom stereocenters. The van der Waals surface area contributed by atoms with Crippen molar-refractivity contribution in [3.63, 3.8) is 0 Å². The van der Waals surface area contributed by atoms with Crippen molar-refractivity contribution >= 4 is 17.9 Å². The molecule has 0 radical (unpaired) electrons. The van der Waals surface area contributed by atoms with Gasteiger partial charge in [0.1, 0.15) is 24.7 Å². The summed E-state index contributed by atoms with van der Waals surface area (Å²) in [4.78, 5) is 11.4. The summed E-state index contributed by atoms with van der Waals surface area (Å²) in [7, 11) is 1.35. The van der Waals surface area contributed by atoms with Crippen LogP contribution in [0.15, 0.2) is 84.0 Å². The van der Waals surface area contributed by atoms with Crippen LogP contribution in [0.25, 0.3) is 0 Å². The van der Waals surface area contributed by atoms with E-state index in [-0.39, 0.29) is 5.97 Å². The molecule has 0 saturated heterocycles. The molecule has 0 aliphatic rings. The number of esters is 1. The normalized spacial score (nSPS) is 10.5. The van der Waals surface area contributed by atoms with E-state index < -0.39 is 0 Å². The molecule has 3 aromatic carbocycles. The third-order valence-electron chi connectivity index (χ3n) is 3.96. The van der Waals surface area contributed by atoms with Gasteiger partial charge in [-0.15, -0.1) is 0 Å². The Labute approximate surface area is 169 Å². The molecule has 29 heavy (non-hydrogen) atoms. The molecule has 3 aromatic rings. The molecule has 0 fully saturated rings. The Morgan fingerprint density at radius 2 is 1.45 bits per heavy atom. The van der Waals surface area contributed by atoms with Crippen LogP contribution in [0.4, 0.5) is 5.69 Å². The van der Waals surface area contributed by atoms with E-state index in [1.807, 2.05) is 54.6 Å². The van der Waals surface area contributed by atoms with Gasteiger partial charge in [0.25, 0.3) is 0 Å². The van der Waals surface area contributed by atoms with Gasteiger partial charge >= 0.3 is 5.97 Å². The predicted molar refractivity (Wildman–Crippen MR) is 113 cm³/mol. The lowest BCUT2D eigenvalue weighted by atomic mass is 10.2. The third-order valence-corrected chi connectivity index (χ3v) is 3.96. The summed E-state index contributed by atoms with van der Waals surface area (Å²) in [6, 6.07) is 24.2. The maximum Gasteiger partial charge on any atom is 0.337 e. The number of carbonyl (C=O) groups excluding carboxylic acids is 1. The number of hydrogen-bond acceptors (Lipinski definition) is 6. The molecule has 0 bridgehead atoms. The number of rotatable bonds is 9. The van der Waals surface area contributed by atoms with Gasteiger partial charge in [-0.3, -0.25) is 5.43 Å². The van der Waals surface area contributed by atoms with Crippen LogP contribution in [0.2, 0.25) is 0 Å². The number of benzene rings is 3. The third kappa shape index (κ3) is 6.39. The number of hydrogen-bond donors (Lipinski definition) is 1. The SMILES string of the molecule is COC(=O)c1ccc(OCCOc2ccc(C=NNc3ccccc3)cc2)cc1. The number of methoxy groups -OCH3 is 1. The Morgan fingerprint density at radius 3 is 2.03 bits per heavy atom. The first-order valence-corrected chi connectivity index (χ1v) is 9.13. The second-order valence-electron chi connectivity index (χ2n) is 6.02. The van der Waals surface area contributed by atoms with E-state index in [0.717, 1.165) is 17.0 Å². The number of carbonyl (C=O) groups is 1. The second kappa shape index (κ2) is 10.5. The van der Waals surface area contributed by atoms with Crippen molar-refractivity contribution in [2.75, 3.05) is 25.7 Å². The summed E-state index contributed by atoms with van der Waals surface area (Å²) in [5, 5.41) is 4.21. The highest BCUT2D eigenvalue weighted by molar-refractivity contribution is 5.89. The van der Waals surface area contributed by atoms with Crippen LogP contribution in [0.5, 0.6) is 11.5 Å². The summed E-state index contributed by atoms with van der Waals surface area (Å²) in [5.41, 5.74) is 5.35. The van der Waals surface area contributed by atoms with Crippen LogP contribution in [0.1, 0.15) is 15.9 Å². The number of nitrogens with zero attached hydrogens (tertiary/aromatic N) is 1. The second-order valence-corrected chi connectivity index (χ2v) is 6.02. The van der Waals surface area contributed by atoms with Gasteiger partial charge in [-0.2, -0.15) is 5.10 Å². The number of anilines is 1. The topological polar surface area (TPSA) is 69.2 Å². The molecule has 0 aliphatic heterocycles. The molecule has 0 aromatic heterocycles. The van der Waals surface area contributed by atoms with E-state index >= 15 is 0 Å². The Balaban J connectivity index is 1.39. The summed E-state index contributed by atoms with van der Waals surface area (Å²) < 4.78 is 15.9. The molecular formula is C23H22N2O4. The van der Waals surface area contributed by atoms with Crippen molar-refractivity contribution < 1.29 is 19.0 Å². The fourth-order valence-electron chi connectivity index (χ4n) is 2.47. The zero-order chi connectivity index (χ0) is 20.3. The Bertz CT molecular complexity index is 923. The molecule has 148 valence electrons. The van der Waals surface area contributed by atoms with E-state index in [1.165, 1.54) is 7.11 Å². The van der Waals surface area contributed by atoms with E-state index in [0.29, 0.717) is 24.5 Å². The van der Waals surface area contributed by atoms with Crippen LogP contribution in [-0.2, 0) is 4.74 Å². The van der Waals surface area contributed by atoms with Crippen LogP contribution in [-0.4, -0.2) is 32.5 Å². The van der Waals surface area contributed by atoms with Gasteiger partial charge < -0.3 is 14.2 Å². The standard InChI is InChI=1S/C23H22N2O4/c1-27-23(26)19-9-13-22(14-10-19)29-16-15-28-21-11-7-18(8-12-21)17-24-25-20-5-3-2-4-6-20/h2-14,17,25H,15-16H2,1H3. The molecule has 0 heterocycles. The molecule has 6 nitrogen and oxygen atoms in total. The van der Waals surface area contributed by atoms with E-state index in [9.17, 15) is 4.79 Å². The summed E-state index contributed by atoms with van der Waals surface area (Å²) in [6.45, 7) is 0.795. The van der Waals surface area contributed by atoms with Crippen molar-refractivity contribution in [3.8, 4) is 11.5 Å². The molecule has 6 heteroatoms. The molecule has 0 saturated carbocycles. The van der Waals surface area contributed by atoms with Gasteiger partial charge in [-0.25, -0.2) is 4.79 Å². The average molecular weight is 390 g/mol. The van der Waals surface area contributed by atoms with Crippen molar-refractivity contribution in [1.82, 2.24) is 0 Å². The lowest BCUT2D eigenvalue weighted by Gasteiger charge is -2.09. The molecule has 0 aliphatic carbocycles. The quantitative estimate of drug-likeness (QED) is 0.254. The van der Waals surface area contributed by atoms with Crippen molar-refractivity contribution in [3.05, 3.63) is 90.0 Å². The van der Waals surface area contributed by atoms with Gasteiger partial charge in [0.2, 0.25) is 0 Å². The predicted octanol–water partition coefficient (Wildman–Crippen LogP) is 4.38. The number of ether oxygens (including phenoxy) is 3. The Kier molecular flexibility index (Phi) is 7.23. The minimum atomic E-state index is -0.371. The molecule has 0 unspecified atom stereocenters. The van der Waals surface area contributed by atoms with Crippen molar-refractivity contribution in [1.29, 1.82) is 0 Å². The molecule has 0 amide bonds. The van der Waals surface area contributed by atoms with Gasteiger partial charge in [-0.05, 0) is 66.2 Å². The van der Waals surface area contributed by atoms with Crippen molar-refractivity contribution in [2.45, 2.75) is 0 Å². The van der Waals surface area contributed by atoms with E-state index in [2.05, 4.69) is 15.3 Å². The first-order chi connectivity index (χ1) is 14.2. The Hall–Kier alpha value is -3.80. The molecule has 1 N–H and O–H groups in total. The lowest BCUT2D eigenvalue weighted by molar-refractivity contribution is 0.0600. The van der Waals surface area contributed by atoms with Gasteiger partial charge in [-0.1, -0.05) is 18.2 Å². The minimum Gasteiger partial charge on any atom is -0.490 e. The minimum absolute atomic E-state index is 0.371. The molecular weight excluding hydrogens is 368 g/mol. The van der Waals surface area contributed by atoms with Crippen LogP contribution >= 0.6 is 0 Å². The van der Waals surface area contributed by atoms with Gasteiger partial charge in [0.15, 0.2) is 0 Å². The highest BCUT2D eigenvalue weighted by Gasteiger charge is 2.04. The van der Waals surface area contributed by atoms with Crippen LogP contribution < -0.4 is 14.9 Å². The zero-order valence-electron chi connectivity index (χ0n) is 16.1. The monoisotopic (exact) mass is 390 g/mol. The number of hydrazone groups is 1. The maximum absolute atomic E-state index is 11.4. The number of para-hydroxylation sites is 1. The summed E-state index contributed by atoms with van der Waals surface area (Å²) in [6.07, 6.45) is 1.75. The Morgan fingerprint density at radius 1 is 0.862 bits per heavy atom. The van der Waals surface area contributed by atoms with Crippen molar-refractivity contribution in [2.24, 2.45) is 5.10 Å². The van der Waals surface area contributed by atoms with E-state index in [4.69, 9.17) is 9.47 Å². The number of nitrogens with one attached hydrogen (secondary N) is 1. The first-order valence-electron chi connectivity index (χ1n) is 9.13. The lowest BCUT2D eigenvalue weighted by Crippen LogP contribution is -2.09. The maximum atomic E-state index is 11.4. The fraction of sp³-hybridized carbons (Fsp3) is 0.130. The smallest absolute Gasteiger partial charge is 0.337 e. The first kappa shape index (κ1) is 19.9. The van der Waals surface area contributed by atoms with E-state index in [1.54, 1.807) is 30.5 Å². The molecule has 0 spiro atoms. The van der Waals surface area contributed by atoms with Crippen LogP contribution in [0, 0.1) is 0 Å². The highest BCUT2D eigenvalue weighted by Crippen LogP contribution is 2.14. The highest BCUT2D eigenvalue weighted by atomic mass is 16.5. The van der Waals surface area contributed by atoms with Crippen LogP contribution in [0.3, 0.4) is 0 Å². The van der Waals surface area contributed by atoms with Gasteiger partial charge in [0.05, 0.1) is 24.6 Å². The summed E-state index contributed by atoms with van der Waals surface area (Å²) >= 11 is 0. The average Bonchev–Trinajstić information content (AvgIpc) is 2.78. The molecule has 3 rings (SSSR count).